The highest BCUT2D eigenvalue weighted by Crippen LogP contribution is 2.29. The molecule has 2 aromatic heterocycles. The second-order valence-electron chi connectivity index (χ2n) is 10.9. The van der Waals surface area contributed by atoms with E-state index in [9.17, 15) is 9.59 Å². The number of carbonyl (C=O) groups excluding carboxylic acids is 2. The van der Waals surface area contributed by atoms with Gasteiger partial charge in [0.25, 0.3) is 5.91 Å². The summed E-state index contributed by atoms with van der Waals surface area (Å²) in [7, 11) is 1.37. The molecule has 1 N–H and O–H groups in total. The first-order valence-electron chi connectivity index (χ1n) is 13.3. The zero-order valence-corrected chi connectivity index (χ0v) is 23.9. The summed E-state index contributed by atoms with van der Waals surface area (Å²) in [5.41, 5.74) is 3.73. The van der Waals surface area contributed by atoms with E-state index >= 15 is 0 Å². The van der Waals surface area contributed by atoms with Gasteiger partial charge in [0.05, 0.1) is 35.8 Å². The Bertz CT molecular complexity index is 1330. The van der Waals surface area contributed by atoms with Crippen LogP contribution in [0.15, 0.2) is 42.6 Å². The number of benzene rings is 1. The first-order valence-corrected chi connectivity index (χ1v) is 13.3. The van der Waals surface area contributed by atoms with E-state index in [1.807, 2.05) is 56.9 Å². The molecular weight excluding hydrogens is 492 g/mol. The van der Waals surface area contributed by atoms with Crippen LogP contribution in [0, 0.1) is 13.8 Å². The minimum atomic E-state index is -0.482. The molecule has 1 aromatic carbocycles. The Hall–Kier alpha value is -4.01. The number of anilines is 2. The van der Waals surface area contributed by atoms with E-state index in [1.54, 1.807) is 6.20 Å². The average molecular weight is 531 g/mol. The number of aryl methyl sites for hydroxylation is 2. The van der Waals surface area contributed by atoms with Crippen LogP contribution in [0.2, 0.25) is 0 Å². The summed E-state index contributed by atoms with van der Waals surface area (Å²) >= 11 is 0. The predicted molar refractivity (Wildman–Crippen MR) is 152 cm³/mol. The van der Waals surface area contributed by atoms with Crippen molar-refractivity contribution in [3.05, 3.63) is 76.4 Å². The van der Waals surface area contributed by atoms with Gasteiger partial charge in [-0.2, -0.15) is 0 Å². The smallest absolute Gasteiger partial charge is 0.339 e. The molecule has 0 aliphatic carbocycles. The van der Waals surface area contributed by atoms with Crippen molar-refractivity contribution in [3.63, 3.8) is 0 Å². The minimum Gasteiger partial charge on any atom is -0.465 e. The van der Waals surface area contributed by atoms with Gasteiger partial charge in [0.2, 0.25) is 0 Å². The fraction of sp³-hybridized carbons (Fsp3) is 0.433. The van der Waals surface area contributed by atoms with Gasteiger partial charge in [0, 0.05) is 26.2 Å². The number of carbonyl (C=O) groups is 2. The largest absolute Gasteiger partial charge is 0.465 e. The maximum absolute atomic E-state index is 13.7. The third-order valence-electron chi connectivity index (χ3n) is 7.11. The van der Waals surface area contributed by atoms with E-state index in [2.05, 4.69) is 41.2 Å². The predicted octanol–water partition coefficient (Wildman–Crippen LogP) is 4.75. The van der Waals surface area contributed by atoms with Crippen molar-refractivity contribution in [1.82, 2.24) is 19.9 Å². The van der Waals surface area contributed by atoms with Crippen molar-refractivity contribution in [2.24, 2.45) is 0 Å². The molecule has 0 radical (unpaired) electrons. The molecule has 9 heteroatoms. The Morgan fingerprint density at radius 1 is 1.10 bits per heavy atom. The molecule has 1 fully saturated rings. The lowest BCUT2D eigenvalue weighted by molar-refractivity contribution is 0.0505. The number of rotatable bonds is 7. The molecule has 4 rings (SSSR count). The zero-order valence-electron chi connectivity index (χ0n) is 23.9. The van der Waals surface area contributed by atoms with Crippen molar-refractivity contribution in [2.45, 2.75) is 59.5 Å². The number of nitrogens with zero attached hydrogens (tertiary/aromatic N) is 5. The topological polar surface area (TPSA) is 101 Å². The third-order valence-corrected chi connectivity index (χ3v) is 7.11. The molecule has 1 aliphatic heterocycles. The molecule has 3 aromatic rings. The average Bonchev–Trinajstić information content (AvgIpc) is 2.90. The Balaban J connectivity index is 1.51. The summed E-state index contributed by atoms with van der Waals surface area (Å²) in [6.07, 6.45) is 1.57. The monoisotopic (exact) mass is 530 g/mol. The van der Waals surface area contributed by atoms with Crippen LogP contribution < -0.4 is 10.2 Å². The van der Waals surface area contributed by atoms with E-state index in [-0.39, 0.29) is 17.8 Å². The molecule has 0 atom stereocenters. The number of hydrogen-bond donors (Lipinski definition) is 1. The Kier molecular flexibility index (Phi) is 8.18. The summed E-state index contributed by atoms with van der Waals surface area (Å²) in [6.45, 7) is 14.2. The van der Waals surface area contributed by atoms with Gasteiger partial charge >= 0.3 is 5.97 Å². The lowest BCUT2D eigenvalue weighted by Crippen LogP contribution is -2.61. The first kappa shape index (κ1) is 28.0. The number of nitrogens with one attached hydrogen (secondary N) is 1. The van der Waals surface area contributed by atoms with Crippen LogP contribution in [0.3, 0.4) is 0 Å². The summed E-state index contributed by atoms with van der Waals surface area (Å²) in [6, 6.07) is 12.0. The highest BCUT2D eigenvalue weighted by Gasteiger charge is 2.38. The van der Waals surface area contributed by atoms with Crippen LogP contribution in [0.5, 0.6) is 0 Å². The first-order chi connectivity index (χ1) is 18.5. The van der Waals surface area contributed by atoms with Crippen LogP contribution in [0.4, 0.5) is 11.6 Å². The van der Waals surface area contributed by atoms with Crippen molar-refractivity contribution in [1.29, 1.82) is 0 Å². The molecule has 206 valence electrons. The fourth-order valence-corrected chi connectivity index (χ4v) is 5.08. The molecule has 0 unspecified atom stereocenters. The number of amides is 1. The van der Waals surface area contributed by atoms with E-state index in [4.69, 9.17) is 14.7 Å². The Morgan fingerprint density at radius 3 is 2.44 bits per heavy atom. The number of aromatic nitrogens is 3. The fourth-order valence-electron chi connectivity index (χ4n) is 5.08. The van der Waals surface area contributed by atoms with Crippen LogP contribution in [-0.2, 0) is 11.3 Å². The lowest BCUT2D eigenvalue weighted by Gasteiger charge is -2.47. The molecular formula is C30H38N6O3. The molecule has 1 amide bonds. The number of ether oxygens (including phenoxy) is 1. The van der Waals surface area contributed by atoms with E-state index in [1.165, 1.54) is 7.11 Å². The quantitative estimate of drug-likeness (QED) is 0.437. The Labute approximate surface area is 230 Å². The van der Waals surface area contributed by atoms with Crippen LogP contribution >= 0.6 is 0 Å². The standard InChI is InChI=1S/C30H38N6O3/c1-19(2)26-27(31-16-22-11-9-8-10-12-22)32-17-23(34-26)28(37)36-14-13-35(18-30(36,5)6)24-15-20(3)25(21(4)33-24)29(38)39-7/h8-12,15,17,19H,13-14,16,18H2,1-7H3,(H,31,32). The summed E-state index contributed by atoms with van der Waals surface area (Å²) in [5, 5.41) is 3.38. The maximum atomic E-state index is 13.7. The van der Waals surface area contributed by atoms with E-state index < -0.39 is 5.54 Å². The van der Waals surface area contributed by atoms with Crippen molar-refractivity contribution in [3.8, 4) is 0 Å². The highest BCUT2D eigenvalue weighted by atomic mass is 16.5. The maximum Gasteiger partial charge on any atom is 0.339 e. The molecule has 9 nitrogen and oxygen atoms in total. The summed E-state index contributed by atoms with van der Waals surface area (Å²) in [4.78, 5) is 44.0. The van der Waals surface area contributed by atoms with Crippen molar-refractivity contribution in [2.75, 3.05) is 37.0 Å². The van der Waals surface area contributed by atoms with Crippen LogP contribution in [0.25, 0.3) is 0 Å². The van der Waals surface area contributed by atoms with E-state index in [0.717, 1.165) is 22.6 Å². The molecule has 1 aliphatic rings. The molecule has 0 saturated carbocycles. The van der Waals surface area contributed by atoms with Crippen molar-refractivity contribution >= 4 is 23.5 Å². The second kappa shape index (κ2) is 11.4. The van der Waals surface area contributed by atoms with Crippen molar-refractivity contribution < 1.29 is 14.3 Å². The number of hydrogen-bond acceptors (Lipinski definition) is 8. The zero-order chi connectivity index (χ0) is 28.3. The van der Waals surface area contributed by atoms with E-state index in [0.29, 0.717) is 48.9 Å². The summed E-state index contributed by atoms with van der Waals surface area (Å²) in [5.74, 6) is 1.06. The number of esters is 1. The van der Waals surface area contributed by atoms with Gasteiger partial charge in [-0.3, -0.25) is 4.79 Å². The number of piperazine rings is 1. The van der Waals surface area contributed by atoms with Gasteiger partial charge in [-0.25, -0.2) is 19.7 Å². The molecule has 0 spiro atoms. The third kappa shape index (κ3) is 6.02. The minimum absolute atomic E-state index is 0.0962. The molecule has 39 heavy (non-hydrogen) atoms. The van der Waals surface area contributed by atoms with Gasteiger partial charge < -0.3 is 19.9 Å². The van der Waals surface area contributed by atoms with Gasteiger partial charge in [-0.1, -0.05) is 44.2 Å². The van der Waals surface area contributed by atoms with Crippen LogP contribution in [-0.4, -0.2) is 64.0 Å². The molecule has 0 bridgehead atoms. The SMILES string of the molecule is COC(=O)c1c(C)cc(N2CCN(C(=O)c3cnc(NCc4ccccc4)c(C(C)C)n3)C(C)(C)C2)nc1C. The van der Waals surface area contributed by atoms with Gasteiger partial charge in [-0.15, -0.1) is 0 Å². The second-order valence-corrected chi connectivity index (χ2v) is 10.9. The molecule has 1 saturated heterocycles. The van der Waals surface area contributed by atoms with Gasteiger partial charge in [-0.05, 0) is 50.8 Å². The van der Waals surface area contributed by atoms with Gasteiger partial charge in [0.15, 0.2) is 0 Å². The van der Waals surface area contributed by atoms with Crippen LogP contribution in [0.1, 0.15) is 77.0 Å². The Morgan fingerprint density at radius 2 is 1.82 bits per heavy atom. The highest BCUT2D eigenvalue weighted by molar-refractivity contribution is 5.93. The lowest BCUT2D eigenvalue weighted by atomic mass is 9.97. The normalized spacial score (nSPS) is 14.9. The number of pyridine rings is 1. The number of methoxy groups -OCH3 is 1. The summed E-state index contributed by atoms with van der Waals surface area (Å²) < 4.78 is 4.91. The molecule has 3 heterocycles. The van der Waals surface area contributed by atoms with Gasteiger partial charge in [0.1, 0.15) is 17.3 Å².